The summed E-state index contributed by atoms with van der Waals surface area (Å²) in [6.45, 7) is 2.78. The Morgan fingerprint density at radius 2 is 1.85 bits per heavy atom. The van der Waals surface area contributed by atoms with Gasteiger partial charge in [-0.2, -0.15) is 0 Å². The number of aromatic nitrogens is 3. The van der Waals surface area contributed by atoms with Gasteiger partial charge in [0, 0.05) is 30.3 Å². The van der Waals surface area contributed by atoms with Gasteiger partial charge in [-0.3, -0.25) is 9.97 Å². The quantitative estimate of drug-likeness (QED) is 0.423. The van der Waals surface area contributed by atoms with Gasteiger partial charge in [-0.25, -0.2) is 0 Å². The van der Waals surface area contributed by atoms with Crippen molar-refractivity contribution in [3.8, 4) is 11.4 Å². The highest BCUT2D eigenvalue weighted by Crippen LogP contribution is 2.41. The number of pyridine rings is 2. The molecule has 0 saturated carbocycles. The lowest BCUT2D eigenvalue weighted by molar-refractivity contribution is 0.302. The molecule has 33 heavy (non-hydrogen) atoms. The van der Waals surface area contributed by atoms with Gasteiger partial charge in [0.1, 0.15) is 5.75 Å². The summed E-state index contributed by atoms with van der Waals surface area (Å²) < 4.78 is 7.58. The number of rotatable bonds is 6. The van der Waals surface area contributed by atoms with Crippen LogP contribution >= 0.6 is 12.2 Å². The zero-order valence-corrected chi connectivity index (χ0v) is 19.4. The van der Waals surface area contributed by atoms with Gasteiger partial charge in [0.15, 0.2) is 5.11 Å². The molecule has 6 nitrogen and oxygen atoms in total. The molecule has 1 N–H and O–H groups in total. The first-order valence-corrected chi connectivity index (χ1v) is 11.3. The molecule has 1 aromatic carbocycles. The second-order valence-electron chi connectivity index (χ2n) is 8.05. The number of aryl methyl sites for hydroxylation is 1. The molecule has 3 aromatic heterocycles. The molecule has 0 radical (unpaired) electrons. The summed E-state index contributed by atoms with van der Waals surface area (Å²) in [5.41, 5.74) is 5.41. The van der Waals surface area contributed by atoms with Gasteiger partial charge in [-0.05, 0) is 73.2 Å². The predicted molar refractivity (Wildman–Crippen MR) is 132 cm³/mol. The minimum absolute atomic E-state index is 0.0524. The van der Waals surface area contributed by atoms with E-state index in [1.54, 1.807) is 13.3 Å². The monoisotopic (exact) mass is 455 g/mol. The van der Waals surface area contributed by atoms with Crippen molar-refractivity contribution in [1.29, 1.82) is 0 Å². The third-order valence-corrected chi connectivity index (χ3v) is 6.38. The van der Waals surface area contributed by atoms with Crippen LogP contribution in [0.15, 0.2) is 85.3 Å². The summed E-state index contributed by atoms with van der Waals surface area (Å²) in [5.74, 6) is 0.838. The van der Waals surface area contributed by atoms with Crippen LogP contribution < -0.4 is 10.1 Å². The second kappa shape index (κ2) is 9.03. The van der Waals surface area contributed by atoms with Gasteiger partial charge in [-0.15, -0.1) is 0 Å². The average molecular weight is 456 g/mol. The van der Waals surface area contributed by atoms with E-state index >= 15 is 0 Å². The van der Waals surface area contributed by atoms with Crippen molar-refractivity contribution < 1.29 is 4.74 Å². The highest BCUT2D eigenvalue weighted by Gasteiger charge is 2.41. The molecule has 1 aliphatic rings. The van der Waals surface area contributed by atoms with Crippen LogP contribution in [0.25, 0.3) is 5.69 Å². The Morgan fingerprint density at radius 3 is 2.55 bits per heavy atom. The van der Waals surface area contributed by atoms with Gasteiger partial charge in [0.05, 0.1) is 36.8 Å². The molecule has 2 unspecified atom stereocenters. The van der Waals surface area contributed by atoms with Crippen molar-refractivity contribution in [2.24, 2.45) is 0 Å². The van der Waals surface area contributed by atoms with Crippen LogP contribution in [0.5, 0.6) is 5.75 Å². The summed E-state index contributed by atoms with van der Waals surface area (Å²) in [7, 11) is 1.68. The molecule has 0 bridgehead atoms. The topological polar surface area (TPSA) is 55.2 Å². The first kappa shape index (κ1) is 21.2. The van der Waals surface area contributed by atoms with Crippen molar-refractivity contribution in [2.75, 3.05) is 7.11 Å². The summed E-state index contributed by atoms with van der Waals surface area (Å²) in [6, 6.07) is 22.4. The number of benzene rings is 1. The number of nitrogens with one attached hydrogen (secondary N) is 1. The van der Waals surface area contributed by atoms with Crippen LogP contribution in [-0.4, -0.2) is 31.7 Å². The van der Waals surface area contributed by atoms with E-state index in [1.807, 2.05) is 48.8 Å². The zero-order valence-electron chi connectivity index (χ0n) is 18.6. The molecule has 1 aliphatic heterocycles. The summed E-state index contributed by atoms with van der Waals surface area (Å²) in [6.07, 6.45) is 5.51. The van der Waals surface area contributed by atoms with Crippen LogP contribution in [0.4, 0.5) is 0 Å². The smallest absolute Gasteiger partial charge is 0.170 e. The van der Waals surface area contributed by atoms with Crippen LogP contribution in [0.2, 0.25) is 0 Å². The highest BCUT2D eigenvalue weighted by atomic mass is 32.1. The number of hydrogen-bond acceptors (Lipinski definition) is 4. The predicted octanol–water partition coefficient (Wildman–Crippen LogP) is 4.76. The number of hydrogen-bond donors (Lipinski definition) is 1. The lowest BCUT2D eigenvalue weighted by Crippen LogP contribution is -2.30. The van der Waals surface area contributed by atoms with Gasteiger partial charge >= 0.3 is 0 Å². The first-order valence-electron chi connectivity index (χ1n) is 10.9. The summed E-state index contributed by atoms with van der Waals surface area (Å²) in [5, 5.41) is 4.25. The largest absolute Gasteiger partial charge is 0.497 e. The van der Waals surface area contributed by atoms with E-state index in [0.29, 0.717) is 11.7 Å². The van der Waals surface area contributed by atoms with E-state index in [-0.39, 0.29) is 12.1 Å². The van der Waals surface area contributed by atoms with Crippen LogP contribution in [-0.2, 0) is 6.54 Å². The van der Waals surface area contributed by atoms with E-state index in [1.165, 1.54) is 0 Å². The Hall–Kier alpha value is -3.71. The third-order valence-electron chi connectivity index (χ3n) is 6.02. The molecule has 0 aliphatic carbocycles. The molecule has 4 aromatic rings. The molecule has 2 atom stereocenters. The van der Waals surface area contributed by atoms with Crippen molar-refractivity contribution in [3.63, 3.8) is 0 Å². The SMILES string of the molecule is COc1ccc(CN2C(=S)NC(c3ccccn3)C2c2ccc(C)n2-c2cccnc2)cc1. The molecule has 7 heteroatoms. The fourth-order valence-electron chi connectivity index (χ4n) is 4.45. The van der Waals surface area contributed by atoms with E-state index in [2.05, 4.69) is 62.0 Å². The average Bonchev–Trinajstić information content (AvgIpc) is 3.40. The Bertz CT molecular complexity index is 1240. The molecule has 0 spiro atoms. The maximum atomic E-state index is 5.85. The molecular formula is C26H25N5OS. The van der Waals surface area contributed by atoms with Crippen molar-refractivity contribution in [1.82, 2.24) is 24.8 Å². The second-order valence-corrected chi connectivity index (χ2v) is 8.44. The zero-order chi connectivity index (χ0) is 22.8. The summed E-state index contributed by atoms with van der Waals surface area (Å²) in [4.78, 5) is 11.3. The molecule has 0 amide bonds. The third kappa shape index (κ3) is 4.07. The van der Waals surface area contributed by atoms with Gasteiger partial charge < -0.3 is 19.5 Å². The van der Waals surface area contributed by atoms with Crippen LogP contribution in [0, 0.1) is 6.92 Å². The van der Waals surface area contributed by atoms with E-state index < -0.39 is 0 Å². The number of thiocarbonyl (C=S) groups is 1. The number of methoxy groups -OCH3 is 1. The van der Waals surface area contributed by atoms with Crippen molar-refractivity contribution in [3.05, 3.63) is 108 Å². The number of ether oxygens (including phenoxy) is 1. The van der Waals surface area contributed by atoms with Crippen molar-refractivity contribution >= 4 is 17.3 Å². The lowest BCUT2D eigenvalue weighted by atomic mass is 10.0. The molecule has 1 saturated heterocycles. The maximum absolute atomic E-state index is 5.85. The van der Waals surface area contributed by atoms with E-state index in [4.69, 9.17) is 17.0 Å². The molecule has 5 rings (SSSR count). The Balaban J connectivity index is 1.60. The van der Waals surface area contributed by atoms with Gasteiger partial charge in [0.2, 0.25) is 0 Å². The van der Waals surface area contributed by atoms with Crippen LogP contribution in [0.1, 0.15) is 34.7 Å². The minimum Gasteiger partial charge on any atom is -0.497 e. The standard InChI is InChI=1S/C26H25N5OS/c1-18-8-13-23(31(18)20-6-5-14-27-16-20)25-24(22-7-3-4-15-28-22)29-26(33)30(25)17-19-9-11-21(32-2)12-10-19/h3-16,24-25H,17H2,1-2H3,(H,29,33). The maximum Gasteiger partial charge on any atom is 0.170 e. The molecular weight excluding hydrogens is 430 g/mol. The number of nitrogens with zero attached hydrogens (tertiary/aromatic N) is 4. The first-order chi connectivity index (χ1) is 16.2. The Morgan fingerprint density at radius 1 is 1.00 bits per heavy atom. The van der Waals surface area contributed by atoms with Gasteiger partial charge in [-0.1, -0.05) is 18.2 Å². The van der Waals surface area contributed by atoms with Crippen LogP contribution in [0.3, 0.4) is 0 Å². The van der Waals surface area contributed by atoms with Crippen molar-refractivity contribution in [2.45, 2.75) is 25.6 Å². The summed E-state index contributed by atoms with van der Waals surface area (Å²) >= 11 is 5.85. The lowest BCUT2D eigenvalue weighted by Gasteiger charge is -2.29. The molecule has 4 heterocycles. The normalized spacial score (nSPS) is 17.8. The Labute approximate surface area is 198 Å². The van der Waals surface area contributed by atoms with E-state index in [9.17, 15) is 0 Å². The highest BCUT2D eigenvalue weighted by molar-refractivity contribution is 7.80. The Kier molecular flexibility index (Phi) is 5.79. The fraction of sp³-hybridized carbons (Fsp3) is 0.192. The molecule has 1 fully saturated rings. The van der Waals surface area contributed by atoms with E-state index in [0.717, 1.165) is 34.1 Å². The van der Waals surface area contributed by atoms with Gasteiger partial charge in [0.25, 0.3) is 0 Å². The minimum atomic E-state index is -0.0818. The molecule has 166 valence electrons. The fourth-order valence-corrected chi connectivity index (χ4v) is 4.76.